The number of carbonyl (C=O) groups excluding carboxylic acids is 2. The number of ether oxygens (including phenoxy) is 1. The number of nitrogens with two attached hydrogens (primary N) is 1. The van der Waals surface area contributed by atoms with Gasteiger partial charge in [0.05, 0.1) is 12.8 Å². The Hall–Kier alpha value is -1.95. The highest BCUT2D eigenvalue weighted by Gasteiger charge is 2.15. The minimum absolute atomic E-state index is 0.0953. The number of halogens is 1. The van der Waals surface area contributed by atoms with Gasteiger partial charge in [0.2, 0.25) is 5.91 Å². The van der Waals surface area contributed by atoms with Gasteiger partial charge in [-0.05, 0) is 24.1 Å². The van der Waals surface area contributed by atoms with E-state index in [2.05, 4.69) is 10.1 Å². The van der Waals surface area contributed by atoms with Crippen LogP contribution in [-0.2, 0) is 20.7 Å². The fraction of sp³-hybridized carbons (Fsp3) is 0.333. The molecule has 0 radical (unpaired) electrons. The van der Waals surface area contributed by atoms with Gasteiger partial charge in [-0.3, -0.25) is 9.59 Å². The van der Waals surface area contributed by atoms with E-state index >= 15 is 0 Å². The largest absolute Gasteiger partial charge is 0.468 e. The Balaban J connectivity index is 2.78. The van der Waals surface area contributed by atoms with Gasteiger partial charge in [0, 0.05) is 6.92 Å². The summed E-state index contributed by atoms with van der Waals surface area (Å²) in [6.07, 6.45) is 0.171. The van der Waals surface area contributed by atoms with Crippen LogP contribution in [0.1, 0.15) is 12.5 Å². The van der Waals surface area contributed by atoms with E-state index in [-0.39, 0.29) is 18.0 Å². The average Bonchev–Trinajstić information content (AvgIpc) is 2.31. The van der Waals surface area contributed by atoms with Crippen molar-refractivity contribution in [3.8, 4) is 0 Å². The number of anilines is 1. The van der Waals surface area contributed by atoms with Gasteiger partial charge < -0.3 is 15.8 Å². The Morgan fingerprint density at radius 3 is 2.67 bits per heavy atom. The highest BCUT2D eigenvalue weighted by Crippen LogP contribution is 2.16. The number of hydrogen-bond acceptors (Lipinski definition) is 4. The van der Waals surface area contributed by atoms with Crippen molar-refractivity contribution in [1.29, 1.82) is 0 Å². The lowest BCUT2D eigenvalue weighted by atomic mass is 10.1. The van der Waals surface area contributed by atoms with Gasteiger partial charge in [0.25, 0.3) is 0 Å². The number of benzene rings is 1. The molecule has 0 aromatic heterocycles. The van der Waals surface area contributed by atoms with Crippen LogP contribution in [0.2, 0.25) is 0 Å². The summed E-state index contributed by atoms with van der Waals surface area (Å²) in [7, 11) is 1.24. The van der Waals surface area contributed by atoms with Crippen LogP contribution in [0.5, 0.6) is 0 Å². The van der Waals surface area contributed by atoms with Crippen LogP contribution in [0.15, 0.2) is 18.2 Å². The molecular formula is C12H15FN2O3. The van der Waals surface area contributed by atoms with Gasteiger partial charge in [-0.1, -0.05) is 6.07 Å². The first kappa shape index (κ1) is 14.1. The summed E-state index contributed by atoms with van der Waals surface area (Å²) in [4.78, 5) is 21.9. The first-order chi connectivity index (χ1) is 8.43. The second-order valence-electron chi connectivity index (χ2n) is 3.83. The first-order valence-electron chi connectivity index (χ1n) is 5.33. The van der Waals surface area contributed by atoms with E-state index in [1.54, 1.807) is 6.07 Å². The lowest BCUT2D eigenvalue weighted by Crippen LogP contribution is -2.33. The van der Waals surface area contributed by atoms with Gasteiger partial charge in [0.1, 0.15) is 11.9 Å². The minimum atomic E-state index is -0.832. The van der Waals surface area contributed by atoms with E-state index in [9.17, 15) is 14.0 Å². The molecule has 0 aliphatic rings. The number of carbonyl (C=O) groups is 2. The summed E-state index contributed by atoms with van der Waals surface area (Å²) in [5.74, 6) is -1.48. The molecule has 3 N–H and O–H groups in total. The van der Waals surface area contributed by atoms with Crippen molar-refractivity contribution in [2.24, 2.45) is 5.73 Å². The molecule has 0 heterocycles. The fourth-order valence-corrected chi connectivity index (χ4v) is 1.47. The normalized spacial score (nSPS) is 11.8. The maximum absolute atomic E-state index is 13.6. The molecule has 0 fully saturated rings. The second kappa shape index (κ2) is 6.11. The Bertz CT molecular complexity index is 463. The lowest BCUT2D eigenvalue weighted by Gasteiger charge is -2.10. The highest BCUT2D eigenvalue weighted by molar-refractivity contribution is 5.88. The Morgan fingerprint density at radius 1 is 1.50 bits per heavy atom. The van der Waals surface area contributed by atoms with Gasteiger partial charge >= 0.3 is 5.97 Å². The van der Waals surface area contributed by atoms with E-state index in [1.165, 1.54) is 26.2 Å². The molecule has 1 aromatic rings. The Kier molecular flexibility index (Phi) is 4.79. The summed E-state index contributed by atoms with van der Waals surface area (Å²) < 4.78 is 18.0. The zero-order valence-corrected chi connectivity index (χ0v) is 10.2. The van der Waals surface area contributed by atoms with Crippen molar-refractivity contribution in [2.45, 2.75) is 19.4 Å². The SMILES string of the molecule is COC(=O)[C@H](N)Cc1ccc(NC(C)=O)c(F)c1. The van der Waals surface area contributed by atoms with E-state index in [4.69, 9.17) is 5.73 Å². The molecule has 1 aromatic carbocycles. The molecule has 0 saturated heterocycles. The lowest BCUT2D eigenvalue weighted by molar-refractivity contribution is -0.142. The monoisotopic (exact) mass is 254 g/mol. The van der Waals surface area contributed by atoms with Crippen LogP contribution in [0, 0.1) is 5.82 Å². The summed E-state index contributed by atoms with van der Waals surface area (Å²) in [6, 6.07) is 3.42. The van der Waals surface area contributed by atoms with Gasteiger partial charge in [-0.2, -0.15) is 0 Å². The summed E-state index contributed by atoms with van der Waals surface area (Å²) in [5, 5.41) is 2.35. The quantitative estimate of drug-likeness (QED) is 0.780. The Morgan fingerprint density at radius 2 is 2.17 bits per heavy atom. The summed E-state index contributed by atoms with van der Waals surface area (Å²) >= 11 is 0. The fourth-order valence-electron chi connectivity index (χ4n) is 1.47. The maximum atomic E-state index is 13.6. The van der Waals surface area contributed by atoms with Crippen LogP contribution in [0.25, 0.3) is 0 Å². The van der Waals surface area contributed by atoms with Gasteiger partial charge in [0.15, 0.2) is 0 Å². The summed E-state index contributed by atoms with van der Waals surface area (Å²) in [5.41, 5.74) is 6.21. The van der Waals surface area contributed by atoms with Crippen LogP contribution >= 0.6 is 0 Å². The molecule has 0 bridgehead atoms. The Labute approximate surface area is 104 Å². The molecule has 5 nitrogen and oxygen atoms in total. The van der Waals surface area contributed by atoms with Gasteiger partial charge in [-0.15, -0.1) is 0 Å². The first-order valence-corrected chi connectivity index (χ1v) is 5.33. The zero-order chi connectivity index (χ0) is 13.7. The van der Waals surface area contributed by atoms with Crippen molar-refractivity contribution in [1.82, 2.24) is 0 Å². The molecule has 98 valence electrons. The van der Waals surface area contributed by atoms with E-state index in [0.29, 0.717) is 5.56 Å². The molecule has 6 heteroatoms. The van der Waals surface area contributed by atoms with Crippen molar-refractivity contribution in [3.63, 3.8) is 0 Å². The molecule has 0 aliphatic heterocycles. The topological polar surface area (TPSA) is 81.4 Å². The highest BCUT2D eigenvalue weighted by atomic mass is 19.1. The summed E-state index contributed by atoms with van der Waals surface area (Å²) in [6.45, 7) is 1.29. The van der Waals surface area contributed by atoms with Crippen molar-refractivity contribution < 1.29 is 18.7 Å². The molecule has 0 spiro atoms. The third kappa shape index (κ3) is 3.81. The number of rotatable bonds is 4. The number of methoxy groups -OCH3 is 1. The van der Waals surface area contributed by atoms with Crippen molar-refractivity contribution in [2.75, 3.05) is 12.4 Å². The number of esters is 1. The van der Waals surface area contributed by atoms with Crippen LogP contribution in [-0.4, -0.2) is 25.0 Å². The van der Waals surface area contributed by atoms with Crippen LogP contribution in [0.4, 0.5) is 10.1 Å². The molecule has 1 amide bonds. The third-order valence-corrected chi connectivity index (χ3v) is 2.30. The van der Waals surface area contributed by atoms with Crippen molar-refractivity contribution in [3.05, 3.63) is 29.6 Å². The third-order valence-electron chi connectivity index (χ3n) is 2.30. The van der Waals surface area contributed by atoms with Gasteiger partial charge in [-0.25, -0.2) is 4.39 Å². The molecule has 0 unspecified atom stereocenters. The van der Waals surface area contributed by atoms with Crippen LogP contribution in [0.3, 0.4) is 0 Å². The molecule has 0 saturated carbocycles. The van der Waals surface area contributed by atoms with E-state index in [1.807, 2.05) is 0 Å². The molecule has 18 heavy (non-hydrogen) atoms. The molecule has 1 rings (SSSR count). The maximum Gasteiger partial charge on any atom is 0.322 e. The molecular weight excluding hydrogens is 239 g/mol. The van der Waals surface area contributed by atoms with Crippen LogP contribution < -0.4 is 11.1 Å². The average molecular weight is 254 g/mol. The molecule has 0 aliphatic carbocycles. The standard InChI is InChI=1S/C12H15FN2O3/c1-7(16)15-11-4-3-8(5-9(11)13)6-10(14)12(17)18-2/h3-5,10H,6,14H2,1-2H3,(H,15,16)/t10-/m1/s1. The number of amides is 1. The van der Waals surface area contributed by atoms with E-state index in [0.717, 1.165) is 0 Å². The molecule has 1 atom stereocenters. The van der Waals surface area contributed by atoms with Crippen molar-refractivity contribution >= 4 is 17.6 Å². The smallest absolute Gasteiger partial charge is 0.322 e. The minimum Gasteiger partial charge on any atom is -0.468 e. The predicted molar refractivity (Wildman–Crippen MR) is 64.4 cm³/mol. The predicted octanol–water partition coefficient (Wildman–Crippen LogP) is 0.827. The zero-order valence-electron chi connectivity index (χ0n) is 10.2. The second-order valence-corrected chi connectivity index (χ2v) is 3.83. The number of hydrogen-bond donors (Lipinski definition) is 2. The number of nitrogens with one attached hydrogen (secondary N) is 1. The van der Waals surface area contributed by atoms with E-state index < -0.39 is 17.8 Å².